The van der Waals surface area contributed by atoms with E-state index in [-0.39, 0.29) is 11.3 Å². The van der Waals surface area contributed by atoms with Crippen LogP contribution < -0.4 is 11.2 Å². The molecule has 10 nitrogen and oxygen atoms in total. The summed E-state index contributed by atoms with van der Waals surface area (Å²) in [4.78, 5) is 21.3. The van der Waals surface area contributed by atoms with Gasteiger partial charge in [0.2, 0.25) is 0 Å². The molecule has 10 heteroatoms. The first-order valence-corrected chi connectivity index (χ1v) is 6.17. The lowest BCUT2D eigenvalue weighted by Crippen LogP contribution is -2.35. The monoisotopic (exact) mass is 317 g/mol. The van der Waals surface area contributed by atoms with E-state index in [0.717, 1.165) is 0 Å². The number of hydrogen-bond acceptors (Lipinski definition) is 6. The molecule has 1 aromatic carbocycles. The quantitative estimate of drug-likeness (QED) is 0.322. The minimum atomic E-state index is -1.07. The van der Waals surface area contributed by atoms with Gasteiger partial charge in [0.1, 0.15) is 11.5 Å². The highest BCUT2D eigenvalue weighted by atomic mass is 16.7. The highest BCUT2D eigenvalue weighted by Gasteiger charge is 2.13. The molecule has 1 aromatic heterocycles. The zero-order chi connectivity index (χ0) is 16.8. The molecule has 0 aliphatic carbocycles. The Bertz CT molecular complexity index is 796. The van der Waals surface area contributed by atoms with Gasteiger partial charge in [0.15, 0.2) is 5.03 Å². The number of nitrogens with two attached hydrogens (primary N) is 1. The maximum atomic E-state index is 11.2. The molecule has 0 radical (unpaired) electrons. The van der Waals surface area contributed by atoms with Crippen molar-refractivity contribution in [2.75, 3.05) is 0 Å². The Hall–Kier alpha value is -3.69. The molecule has 0 bridgehead atoms. The first-order chi connectivity index (χ1) is 11.0. The Balaban J connectivity index is 2.19. The fourth-order valence-electron chi connectivity index (χ4n) is 1.72. The number of nitrogens with zero attached hydrogens (tertiary/aromatic N) is 3. The van der Waals surface area contributed by atoms with Gasteiger partial charge in [-0.25, -0.2) is 14.9 Å². The predicted octanol–water partition coefficient (Wildman–Crippen LogP) is 1.07. The van der Waals surface area contributed by atoms with E-state index in [4.69, 9.17) is 15.3 Å². The van der Waals surface area contributed by atoms with E-state index < -0.39 is 17.0 Å². The first kappa shape index (κ1) is 15.7. The van der Waals surface area contributed by atoms with E-state index in [1.165, 1.54) is 12.3 Å². The average molecular weight is 317 g/mol. The number of nitrogens with one attached hydrogen (secondary N) is 1. The van der Waals surface area contributed by atoms with Crippen LogP contribution in [-0.2, 0) is 0 Å². The number of guanidine groups is 1. The van der Waals surface area contributed by atoms with Crippen LogP contribution in [0.25, 0.3) is 11.3 Å². The summed E-state index contributed by atoms with van der Waals surface area (Å²) in [6.07, 6.45) is 1.18. The molecule has 0 spiro atoms. The second-order valence-electron chi connectivity index (χ2n) is 4.15. The summed E-state index contributed by atoms with van der Waals surface area (Å²) in [5.41, 5.74) is 7.31. The van der Waals surface area contributed by atoms with Crippen LogP contribution in [0.3, 0.4) is 0 Å². The van der Waals surface area contributed by atoms with Crippen molar-refractivity contribution < 1.29 is 19.4 Å². The molecule has 1 heterocycles. The fourth-order valence-corrected chi connectivity index (χ4v) is 1.72. The van der Waals surface area contributed by atoms with Crippen molar-refractivity contribution in [1.29, 1.82) is 0 Å². The number of furan rings is 1. The molecule has 0 fully saturated rings. The van der Waals surface area contributed by atoms with E-state index in [1.54, 1.807) is 35.8 Å². The Labute approximate surface area is 129 Å². The van der Waals surface area contributed by atoms with Crippen molar-refractivity contribution in [2.24, 2.45) is 15.9 Å². The Kier molecular flexibility index (Phi) is 4.67. The third kappa shape index (κ3) is 4.14. The molecule has 0 amide bonds. The minimum absolute atomic E-state index is 0.0998. The molecule has 0 aliphatic heterocycles. The van der Waals surface area contributed by atoms with Gasteiger partial charge in [-0.3, -0.25) is 0 Å². The van der Waals surface area contributed by atoms with Crippen LogP contribution in [0.1, 0.15) is 16.1 Å². The van der Waals surface area contributed by atoms with Crippen LogP contribution in [0.5, 0.6) is 0 Å². The van der Waals surface area contributed by atoms with Crippen molar-refractivity contribution in [3.8, 4) is 11.3 Å². The van der Waals surface area contributed by atoms with Gasteiger partial charge in [0.25, 0.3) is 5.96 Å². The summed E-state index contributed by atoms with van der Waals surface area (Å²) in [7, 11) is 0. The van der Waals surface area contributed by atoms with Crippen LogP contribution in [-0.4, -0.2) is 28.3 Å². The van der Waals surface area contributed by atoms with E-state index in [2.05, 4.69) is 10.2 Å². The van der Waals surface area contributed by atoms with Crippen LogP contribution >= 0.6 is 0 Å². The van der Waals surface area contributed by atoms with Gasteiger partial charge < -0.3 is 15.3 Å². The minimum Gasteiger partial charge on any atom is -0.478 e. The maximum absolute atomic E-state index is 11.2. The number of hydrogen-bond donors (Lipinski definition) is 3. The van der Waals surface area contributed by atoms with Gasteiger partial charge in [0.05, 0.1) is 11.8 Å². The van der Waals surface area contributed by atoms with Crippen LogP contribution in [0.2, 0.25) is 0 Å². The lowest BCUT2D eigenvalue weighted by molar-refractivity contribution is -0.525. The first-order valence-electron chi connectivity index (χ1n) is 6.17. The second-order valence-corrected chi connectivity index (χ2v) is 4.15. The summed E-state index contributed by atoms with van der Waals surface area (Å²) >= 11 is 0. The third-order valence-electron chi connectivity index (χ3n) is 2.61. The second kappa shape index (κ2) is 6.85. The number of nitro groups is 1. The zero-order valence-corrected chi connectivity index (χ0v) is 11.5. The molecule has 0 unspecified atom stereocenters. The topological polar surface area (TPSA) is 156 Å². The largest absolute Gasteiger partial charge is 0.478 e. The number of benzene rings is 1. The lowest BCUT2D eigenvalue weighted by atomic mass is 10.1. The summed E-state index contributed by atoms with van der Waals surface area (Å²) in [5, 5.41) is 25.2. The van der Waals surface area contributed by atoms with Crippen LogP contribution in [0, 0.1) is 10.1 Å². The van der Waals surface area contributed by atoms with E-state index in [0.29, 0.717) is 11.3 Å². The Morgan fingerprint density at radius 1 is 1.35 bits per heavy atom. The molecule has 2 aromatic rings. The fraction of sp³-hybridized carbons (Fsp3) is 0. The molecular formula is C13H11N5O5. The summed E-state index contributed by atoms with van der Waals surface area (Å²) in [5.74, 6) is -0.952. The Morgan fingerprint density at radius 2 is 2.09 bits per heavy atom. The highest BCUT2D eigenvalue weighted by Crippen LogP contribution is 2.25. The number of carboxylic acid groups (broad SMARTS) is 1. The summed E-state index contributed by atoms with van der Waals surface area (Å²) in [6, 6.07) is 9.49. The van der Waals surface area contributed by atoms with Crippen molar-refractivity contribution >= 4 is 18.1 Å². The highest BCUT2D eigenvalue weighted by molar-refractivity contribution is 5.95. The van der Waals surface area contributed by atoms with Gasteiger partial charge in [-0.1, -0.05) is 23.6 Å². The molecular weight excluding hydrogens is 306 g/mol. The van der Waals surface area contributed by atoms with Crippen molar-refractivity contribution in [2.45, 2.75) is 0 Å². The van der Waals surface area contributed by atoms with Crippen molar-refractivity contribution in [3.63, 3.8) is 0 Å². The lowest BCUT2D eigenvalue weighted by Gasteiger charge is -2.01. The summed E-state index contributed by atoms with van der Waals surface area (Å²) < 4.78 is 5.45. The molecule has 0 saturated carbocycles. The van der Waals surface area contributed by atoms with Crippen molar-refractivity contribution in [3.05, 3.63) is 57.8 Å². The van der Waals surface area contributed by atoms with Gasteiger partial charge in [-0.05, 0) is 18.2 Å². The third-order valence-corrected chi connectivity index (χ3v) is 2.61. The number of rotatable bonds is 5. The maximum Gasteiger partial charge on any atom is 0.336 e. The van der Waals surface area contributed by atoms with Crippen LogP contribution in [0.4, 0.5) is 0 Å². The van der Waals surface area contributed by atoms with Gasteiger partial charge in [-0.15, -0.1) is 5.10 Å². The standard InChI is InChI=1S/C13H11N5O5/c14-13(17-18(21)22)16-15-7-8-5-6-11(23-8)9-3-1-2-4-10(9)12(19)20/h1-7H,(H,19,20)(H3,14,16,17). The van der Waals surface area contributed by atoms with E-state index >= 15 is 0 Å². The van der Waals surface area contributed by atoms with Gasteiger partial charge >= 0.3 is 5.97 Å². The number of aromatic carboxylic acids is 1. The molecule has 2 rings (SSSR count). The number of hydrazine groups is 1. The van der Waals surface area contributed by atoms with Crippen molar-refractivity contribution in [1.82, 2.24) is 5.43 Å². The predicted molar refractivity (Wildman–Crippen MR) is 80.4 cm³/mol. The molecule has 0 atom stereocenters. The van der Waals surface area contributed by atoms with Gasteiger partial charge in [0, 0.05) is 5.56 Å². The number of carbonyl (C=O) groups is 1. The van der Waals surface area contributed by atoms with E-state index in [9.17, 15) is 14.9 Å². The molecule has 118 valence electrons. The molecule has 4 N–H and O–H groups in total. The van der Waals surface area contributed by atoms with Crippen LogP contribution in [0.15, 0.2) is 51.0 Å². The zero-order valence-electron chi connectivity index (χ0n) is 11.5. The smallest absolute Gasteiger partial charge is 0.336 e. The Morgan fingerprint density at radius 3 is 2.78 bits per heavy atom. The molecule has 0 saturated heterocycles. The van der Waals surface area contributed by atoms with Gasteiger partial charge in [-0.2, -0.15) is 5.10 Å². The SMILES string of the molecule is NC(=NN=Cc1ccc(-c2ccccc2C(=O)O)o1)N[N+](=O)[O-]. The summed E-state index contributed by atoms with van der Waals surface area (Å²) in [6.45, 7) is 0. The molecule has 0 aliphatic rings. The normalized spacial score (nSPS) is 11.6. The van der Waals surface area contributed by atoms with E-state index in [1.807, 2.05) is 0 Å². The number of carboxylic acids is 1. The average Bonchev–Trinajstić information content (AvgIpc) is 2.95. The molecule has 23 heavy (non-hydrogen) atoms.